The molecule has 1 saturated heterocycles. The predicted molar refractivity (Wildman–Crippen MR) is 67.7 cm³/mol. The molecule has 0 bridgehead atoms. The minimum atomic E-state index is -4.68. The molecule has 0 spiro atoms. The topological polar surface area (TPSA) is 65.6 Å². The Balaban J connectivity index is 1.94. The summed E-state index contributed by atoms with van der Waals surface area (Å²) in [6, 6.07) is 0.196. The number of aliphatic hydroxyl groups excluding tert-OH is 1. The van der Waals surface area contributed by atoms with Gasteiger partial charge in [-0.2, -0.15) is 18.2 Å². The molecule has 1 aliphatic heterocycles. The zero-order valence-corrected chi connectivity index (χ0v) is 12.0. The summed E-state index contributed by atoms with van der Waals surface area (Å²) in [6.45, 7) is 2.73. The van der Waals surface area contributed by atoms with Crippen LogP contribution in [0.5, 0.6) is 0 Å². The number of nitrogens with zero attached hydrogens (tertiary/aromatic N) is 4. The van der Waals surface area contributed by atoms with E-state index in [-0.39, 0.29) is 11.9 Å². The molecule has 0 radical (unpaired) electrons. The van der Waals surface area contributed by atoms with Gasteiger partial charge in [0, 0.05) is 32.1 Å². The van der Waals surface area contributed by atoms with E-state index >= 15 is 0 Å². The van der Waals surface area contributed by atoms with Gasteiger partial charge >= 0.3 is 6.18 Å². The van der Waals surface area contributed by atoms with Crippen LogP contribution < -0.4 is 0 Å². The molecule has 120 valence electrons. The van der Waals surface area contributed by atoms with E-state index in [0.717, 1.165) is 19.6 Å². The number of hydrogen-bond acceptors (Lipinski definition) is 6. The van der Waals surface area contributed by atoms with Crippen molar-refractivity contribution >= 4 is 0 Å². The lowest BCUT2D eigenvalue weighted by atomic mass is 10.1. The number of halogens is 3. The Morgan fingerprint density at radius 1 is 1.38 bits per heavy atom. The van der Waals surface area contributed by atoms with Gasteiger partial charge < -0.3 is 19.4 Å². The molecule has 9 heteroatoms. The molecule has 1 aliphatic rings. The summed E-state index contributed by atoms with van der Waals surface area (Å²) in [6.07, 6.45) is -7.36. The molecule has 2 heterocycles. The largest absolute Gasteiger partial charge is 0.414 e. The highest BCUT2D eigenvalue weighted by Gasteiger charge is 2.39. The maximum absolute atomic E-state index is 12.3. The molecule has 1 aromatic rings. The van der Waals surface area contributed by atoms with Crippen molar-refractivity contribution in [2.75, 3.05) is 33.7 Å². The summed E-state index contributed by atoms with van der Waals surface area (Å²) < 4.78 is 41.6. The molecule has 0 amide bonds. The van der Waals surface area contributed by atoms with E-state index < -0.39 is 18.7 Å². The number of aliphatic hydroxyl groups is 1. The molecule has 1 aromatic heterocycles. The second-order valence-corrected chi connectivity index (χ2v) is 5.47. The number of alkyl halides is 3. The van der Waals surface area contributed by atoms with E-state index in [1.165, 1.54) is 0 Å². The summed E-state index contributed by atoms with van der Waals surface area (Å²) in [5.41, 5.74) is 0. The maximum atomic E-state index is 12.3. The molecule has 0 saturated carbocycles. The highest BCUT2D eigenvalue weighted by Crippen LogP contribution is 2.22. The van der Waals surface area contributed by atoms with Crippen molar-refractivity contribution in [3.8, 4) is 0 Å². The van der Waals surface area contributed by atoms with Crippen molar-refractivity contribution in [3.05, 3.63) is 11.7 Å². The SMILES string of the molecule is CN1CCN(C)C(Cc2noc(CC(O)C(F)(F)F)n2)C1. The highest BCUT2D eigenvalue weighted by atomic mass is 19.4. The molecular formula is C12H19F3N4O2. The van der Waals surface area contributed by atoms with Gasteiger partial charge in [0.2, 0.25) is 5.89 Å². The molecular weight excluding hydrogens is 289 g/mol. The van der Waals surface area contributed by atoms with Crippen LogP contribution in [0.15, 0.2) is 4.52 Å². The fraction of sp³-hybridized carbons (Fsp3) is 0.833. The van der Waals surface area contributed by atoms with Gasteiger partial charge in [0.15, 0.2) is 11.9 Å². The monoisotopic (exact) mass is 308 g/mol. The molecule has 0 aliphatic carbocycles. The van der Waals surface area contributed by atoms with Crippen molar-refractivity contribution in [2.24, 2.45) is 0 Å². The number of piperazine rings is 1. The van der Waals surface area contributed by atoms with E-state index in [9.17, 15) is 13.2 Å². The highest BCUT2D eigenvalue weighted by molar-refractivity contribution is 4.94. The third kappa shape index (κ3) is 4.39. The minimum Gasteiger partial charge on any atom is -0.383 e. The molecule has 1 N–H and O–H groups in total. The summed E-state index contributed by atoms with van der Waals surface area (Å²) in [5.74, 6) is 0.174. The van der Waals surface area contributed by atoms with Crippen molar-refractivity contribution in [2.45, 2.75) is 31.2 Å². The smallest absolute Gasteiger partial charge is 0.383 e. The van der Waals surface area contributed by atoms with Gasteiger partial charge in [-0.25, -0.2) is 0 Å². The first-order chi connectivity index (χ1) is 9.75. The van der Waals surface area contributed by atoms with Crippen molar-refractivity contribution in [1.82, 2.24) is 19.9 Å². The summed E-state index contributed by atoms with van der Waals surface area (Å²) in [5, 5.41) is 12.7. The van der Waals surface area contributed by atoms with Gasteiger partial charge in [-0.3, -0.25) is 0 Å². The first kappa shape index (κ1) is 16.2. The van der Waals surface area contributed by atoms with Gasteiger partial charge in [-0.1, -0.05) is 5.16 Å². The zero-order valence-electron chi connectivity index (χ0n) is 12.0. The maximum Gasteiger partial charge on any atom is 0.414 e. The Morgan fingerprint density at radius 2 is 2.10 bits per heavy atom. The van der Waals surface area contributed by atoms with E-state index in [1.807, 2.05) is 14.1 Å². The van der Waals surface area contributed by atoms with E-state index in [4.69, 9.17) is 9.63 Å². The standard InChI is InChI=1S/C12H19F3N4O2/c1-18-3-4-19(2)8(7-18)5-10-16-11(21-17-10)6-9(20)12(13,14)15/h8-9,20H,3-7H2,1-2H3. The molecule has 2 unspecified atom stereocenters. The molecule has 2 atom stereocenters. The van der Waals surface area contributed by atoms with Crippen LogP contribution in [0.2, 0.25) is 0 Å². The van der Waals surface area contributed by atoms with Gasteiger partial charge in [0.05, 0.1) is 6.42 Å². The zero-order chi connectivity index (χ0) is 15.6. The Morgan fingerprint density at radius 3 is 2.76 bits per heavy atom. The van der Waals surface area contributed by atoms with Crippen molar-refractivity contribution in [1.29, 1.82) is 0 Å². The Hall–Kier alpha value is -1.19. The number of rotatable bonds is 4. The molecule has 2 rings (SSSR count). The van der Waals surface area contributed by atoms with Crippen LogP contribution in [0.4, 0.5) is 13.2 Å². The molecule has 21 heavy (non-hydrogen) atoms. The minimum absolute atomic E-state index is 0.193. The summed E-state index contributed by atoms with van der Waals surface area (Å²) in [7, 11) is 4.01. The van der Waals surface area contributed by atoms with Gasteiger partial charge in [0.25, 0.3) is 0 Å². The third-order valence-corrected chi connectivity index (χ3v) is 3.65. The van der Waals surface area contributed by atoms with Crippen LogP contribution in [0.25, 0.3) is 0 Å². The first-order valence-corrected chi connectivity index (χ1v) is 6.70. The van der Waals surface area contributed by atoms with E-state index in [1.54, 1.807) is 0 Å². The van der Waals surface area contributed by atoms with E-state index in [0.29, 0.717) is 12.2 Å². The van der Waals surface area contributed by atoms with Crippen LogP contribution in [0.3, 0.4) is 0 Å². The van der Waals surface area contributed by atoms with E-state index in [2.05, 4.69) is 19.9 Å². The molecule has 6 nitrogen and oxygen atoms in total. The first-order valence-electron chi connectivity index (χ1n) is 6.70. The summed E-state index contributed by atoms with van der Waals surface area (Å²) in [4.78, 5) is 8.28. The second-order valence-electron chi connectivity index (χ2n) is 5.47. The fourth-order valence-corrected chi connectivity index (χ4v) is 2.27. The van der Waals surface area contributed by atoms with Crippen LogP contribution in [-0.4, -0.2) is 77.1 Å². The number of hydrogen-bond donors (Lipinski definition) is 1. The quantitative estimate of drug-likeness (QED) is 0.864. The lowest BCUT2D eigenvalue weighted by Crippen LogP contribution is -2.50. The molecule has 0 aromatic carbocycles. The van der Waals surface area contributed by atoms with Crippen LogP contribution >= 0.6 is 0 Å². The predicted octanol–water partition coefficient (Wildman–Crippen LogP) is 0.324. The lowest BCUT2D eigenvalue weighted by Gasteiger charge is -2.37. The normalized spacial score (nSPS) is 23.4. The van der Waals surface area contributed by atoms with Gasteiger partial charge in [0.1, 0.15) is 0 Å². The van der Waals surface area contributed by atoms with Crippen LogP contribution in [-0.2, 0) is 12.8 Å². The van der Waals surface area contributed by atoms with Gasteiger partial charge in [-0.05, 0) is 14.1 Å². The van der Waals surface area contributed by atoms with Crippen LogP contribution in [0, 0.1) is 0 Å². The van der Waals surface area contributed by atoms with Crippen molar-refractivity contribution in [3.63, 3.8) is 0 Å². The number of aromatic nitrogens is 2. The second kappa shape index (κ2) is 6.29. The summed E-state index contributed by atoms with van der Waals surface area (Å²) >= 11 is 0. The number of likely N-dealkylation sites (N-methyl/N-ethyl adjacent to an activating group) is 2. The Labute approximate surface area is 120 Å². The fourth-order valence-electron chi connectivity index (χ4n) is 2.27. The Kier molecular flexibility index (Phi) is 4.84. The lowest BCUT2D eigenvalue weighted by molar-refractivity contribution is -0.204. The van der Waals surface area contributed by atoms with Gasteiger partial charge in [-0.15, -0.1) is 0 Å². The Bertz CT molecular complexity index is 466. The average molecular weight is 308 g/mol. The third-order valence-electron chi connectivity index (χ3n) is 3.65. The van der Waals surface area contributed by atoms with Crippen LogP contribution in [0.1, 0.15) is 11.7 Å². The average Bonchev–Trinajstić information content (AvgIpc) is 2.80. The molecule has 1 fully saturated rings. The van der Waals surface area contributed by atoms with Crippen molar-refractivity contribution < 1.29 is 22.8 Å².